The summed E-state index contributed by atoms with van der Waals surface area (Å²) >= 11 is 3.45. The molecule has 1 N–H and O–H groups in total. The third kappa shape index (κ3) is 3.58. The molecule has 2 aromatic carbocycles. The van der Waals surface area contributed by atoms with Crippen molar-refractivity contribution in [1.82, 2.24) is 5.32 Å². The fourth-order valence-electron chi connectivity index (χ4n) is 1.68. The smallest absolute Gasteiger partial charge is 0.251 e. The fourth-order valence-corrected chi connectivity index (χ4v) is 2.11. The van der Waals surface area contributed by atoms with Crippen LogP contribution in [0.2, 0.25) is 0 Å². The normalized spacial score (nSPS) is 10.0. The first kappa shape index (κ1) is 13.6. The fraction of sp³-hybridized carbons (Fsp3) is 0.133. The Balaban J connectivity index is 2.03. The van der Waals surface area contributed by atoms with Gasteiger partial charge >= 0.3 is 0 Å². The van der Waals surface area contributed by atoms with Gasteiger partial charge in [0.15, 0.2) is 0 Å². The number of hydrogen-bond donors (Lipinski definition) is 1. The molecule has 0 aromatic heterocycles. The molecule has 0 bridgehead atoms. The molecular formula is C15H14BrNO2. The van der Waals surface area contributed by atoms with Crippen LogP contribution in [0.25, 0.3) is 0 Å². The molecule has 0 spiro atoms. The molecule has 0 radical (unpaired) electrons. The van der Waals surface area contributed by atoms with Crippen LogP contribution in [0.1, 0.15) is 15.9 Å². The molecule has 2 rings (SSSR count). The molecule has 0 heterocycles. The van der Waals surface area contributed by atoms with Crippen LogP contribution < -0.4 is 10.1 Å². The van der Waals surface area contributed by atoms with Gasteiger partial charge in [-0.2, -0.15) is 0 Å². The topological polar surface area (TPSA) is 38.3 Å². The summed E-state index contributed by atoms with van der Waals surface area (Å²) in [6.07, 6.45) is 0. The summed E-state index contributed by atoms with van der Waals surface area (Å²) in [6.45, 7) is 0.484. The first-order chi connectivity index (χ1) is 9.20. The molecule has 0 aliphatic heterocycles. The lowest BCUT2D eigenvalue weighted by Crippen LogP contribution is -2.22. The van der Waals surface area contributed by atoms with Crippen molar-refractivity contribution < 1.29 is 9.53 Å². The summed E-state index contributed by atoms with van der Waals surface area (Å²) in [7, 11) is 1.58. The molecule has 0 atom stereocenters. The molecule has 0 saturated carbocycles. The van der Waals surface area contributed by atoms with Gasteiger partial charge in [-0.05, 0) is 29.8 Å². The van der Waals surface area contributed by atoms with Crippen LogP contribution in [-0.2, 0) is 6.54 Å². The average Bonchev–Trinajstić information content (AvgIpc) is 2.46. The monoisotopic (exact) mass is 319 g/mol. The van der Waals surface area contributed by atoms with Gasteiger partial charge in [-0.3, -0.25) is 4.79 Å². The number of carbonyl (C=O) groups excluding carboxylic acids is 1. The Morgan fingerprint density at radius 3 is 2.74 bits per heavy atom. The van der Waals surface area contributed by atoms with Gasteiger partial charge in [-0.1, -0.05) is 40.2 Å². The predicted molar refractivity (Wildman–Crippen MR) is 78.3 cm³/mol. The average molecular weight is 320 g/mol. The minimum absolute atomic E-state index is 0.116. The van der Waals surface area contributed by atoms with Gasteiger partial charge in [0.25, 0.3) is 5.91 Å². The van der Waals surface area contributed by atoms with Crippen molar-refractivity contribution in [2.45, 2.75) is 6.54 Å². The Hall–Kier alpha value is -1.81. The highest BCUT2D eigenvalue weighted by Crippen LogP contribution is 2.16. The Morgan fingerprint density at radius 2 is 2.00 bits per heavy atom. The van der Waals surface area contributed by atoms with E-state index in [0.29, 0.717) is 17.9 Å². The molecule has 0 saturated heterocycles. The zero-order valence-electron chi connectivity index (χ0n) is 10.5. The van der Waals surface area contributed by atoms with E-state index in [-0.39, 0.29) is 5.91 Å². The van der Waals surface area contributed by atoms with E-state index < -0.39 is 0 Å². The molecule has 0 aliphatic rings. The van der Waals surface area contributed by atoms with Crippen molar-refractivity contribution in [2.24, 2.45) is 0 Å². The van der Waals surface area contributed by atoms with Gasteiger partial charge in [0.2, 0.25) is 0 Å². The lowest BCUT2D eigenvalue weighted by atomic mass is 10.2. The van der Waals surface area contributed by atoms with Crippen molar-refractivity contribution in [3.8, 4) is 5.75 Å². The highest BCUT2D eigenvalue weighted by atomic mass is 79.9. The van der Waals surface area contributed by atoms with Crippen molar-refractivity contribution in [2.75, 3.05) is 7.11 Å². The van der Waals surface area contributed by atoms with Crippen LogP contribution in [0.15, 0.2) is 53.0 Å². The first-order valence-corrected chi connectivity index (χ1v) is 6.65. The maximum absolute atomic E-state index is 12.0. The van der Waals surface area contributed by atoms with E-state index in [1.165, 1.54) is 0 Å². The molecule has 1 amide bonds. The summed E-state index contributed by atoms with van der Waals surface area (Å²) in [5, 5.41) is 2.88. The quantitative estimate of drug-likeness (QED) is 0.938. The van der Waals surface area contributed by atoms with E-state index >= 15 is 0 Å². The zero-order valence-corrected chi connectivity index (χ0v) is 12.1. The third-order valence-corrected chi connectivity index (χ3v) is 3.50. The lowest BCUT2D eigenvalue weighted by molar-refractivity contribution is 0.0950. The Kier molecular flexibility index (Phi) is 4.58. The van der Waals surface area contributed by atoms with Gasteiger partial charge in [0, 0.05) is 16.6 Å². The number of amides is 1. The van der Waals surface area contributed by atoms with Gasteiger partial charge < -0.3 is 10.1 Å². The number of benzene rings is 2. The van der Waals surface area contributed by atoms with Crippen LogP contribution in [-0.4, -0.2) is 13.0 Å². The van der Waals surface area contributed by atoms with Gasteiger partial charge in [0.1, 0.15) is 5.75 Å². The number of rotatable bonds is 4. The second kappa shape index (κ2) is 6.38. The van der Waals surface area contributed by atoms with E-state index in [0.717, 1.165) is 10.0 Å². The van der Waals surface area contributed by atoms with Gasteiger partial charge in [-0.25, -0.2) is 0 Å². The Labute approximate surface area is 120 Å². The van der Waals surface area contributed by atoms with Crippen LogP contribution >= 0.6 is 15.9 Å². The predicted octanol–water partition coefficient (Wildman–Crippen LogP) is 3.39. The minimum atomic E-state index is -0.116. The molecular weight excluding hydrogens is 306 g/mol. The van der Waals surface area contributed by atoms with E-state index in [4.69, 9.17) is 4.74 Å². The van der Waals surface area contributed by atoms with Crippen molar-refractivity contribution in [1.29, 1.82) is 0 Å². The van der Waals surface area contributed by atoms with Crippen LogP contribution in [0, 0.1) is 0 Å². The van der Waals surface area contributed by atoms with E-state index in [1.807, 2.05) is 30.3 Å². The van der Waals surface area contributed by atoms with Gasteiger partial charge in [-0.15, -0.1) is 0 Å². The molecule has 0 unspecified atom stereocenters. The van der Waals surface area contributed by atoms with E-state index in [1.54, 1.807) is 25.3 Å². The largest absolute Gasteiger partial charge is 0.497 e. The Bertz CT molecular complexity index is 584. The van der Waals surface area contributed by atoms with Crippen LogP contribution in [0.5, 0.6) is 5.75 Å². The molecule has 19 heavy (non-hydrogen) atoms. The summed E-state index contributed by atoms with van der Waals surface area (Å²) in [6, 6.07) is 14.9. The van der Waals surface area contributed by atoms with Gasteiger partial charge in [0.05, 0.1) is 7.11 Å². The molecule has 4 heteroatoms. The van der Waals surface area contributed by atoms with Crippen molar-refractivity contribution >= 4 is 21.8 Å². The number of ether oxygens (including phenoxy) is 1. The second-order valence-corrected chi connectivity index (χ2v) is 4.86. The Morgan fingerprint density at radius 1 is 1.21 bits per heavy atom. The highest BCUT2D eigenvalue weighted by Gasteiger charge is 2.07. The minimum Gasteiger partial charge on any atom is -0.497 e. The first-order valence-electron chi connectivity index (χ1n) is 5.86. The number of hydrogen-bond acceptors (Lipinski definition) is 2. The van der Waals surface area contributed by atoms with Crippen molar-refractivity contribution in [3.05, 3.63) is 64.1 Å². The zero-order chi connectivity index (χ0) is 13.7. The number of nitrogens with one attached hydrogen (secondary N) is 1. The summed E-state index contributed by atoms with van der Waals surface area (Å²) in [5.41, 5.74) is 1.63. The molecule has 3 nitrogen and oxygen atoms in total. The number of carbonyl (C=O) groups is 1. The van der Waals surface area contributed by atoms with Crippen molar-refractivity contribution in [3.63, 3.8) is 0 Å². The standard InChI is InChI=1S/C15H14BrNO2/c1-19-13-7-4-6-11(9-13)15(18)17-10-12-5-2-3-8-14(12)16/h2-9H,10H2,1H3,(H,17,18). The second-order valence-electron chi connectivity index (χ2n) is 4.01. The SMILES string of the molecule is COc1cccc(C(=O)NCc2ccccc2Br)c1. The lowest BCUT2D eigenvalue weighted by Gasteiger charge is -2.08. The van der Waals surface area contributed by atoms with Crippen LogP contribution in [0.3, 0.4) is 0 Å². The number of methoxy groups -OCH3 is 1. The summed E-state index contributed by atoms with van der Waals surface area (Å²) in [4.78, 5) is 12.0. The molecule has 0 fully saturated rings. The summed E-state index contributed by atoms with van der Waals surface area (Å²) < 4.78 is 6.09. The van der Waals surface area contributed by atoms with Crippen LogP contribution in [0.4, 0.5) is 0 Å². The maximum Gasteiger partial charge on any atom is 0.251 e. The van der Waals surface area contributed by atoms with E-state index in [9.17, 15) is 4.79 Å². The molecule has 2 aromatic rings. The summed E-state index contributed by atoms with van der Waals surface area (Å²) in [5.74, 6) is 0.559. The maximum atomic E-state index is 12.0. The highest BCUT2D eigenvalue weighted by molar-refractivity contribution is 9.10. The number of halogens is 1. The molecule has 0 aliphatic carbocycles. The molecule has 98 valence electrons. The van der Waals surface area contributed by atoms with E-state index in [2.05, 4.69) is 21.2 Å². The third-order valence-electron chi connectivity index (χ3n) is 2.73.